The molecule has 5 heteroatoms. The summed E-state index contributed by atoms with van der Waals surface area (Å²) in [5.74, 6) is 0.320. The van der Waals surface area contributed by atoms with Crippen LogP contribution in [0.1, 0.15) is 34.6 Å². The minimum absolute atomic E-state index is 0.0137. The highest BCUT2D eigenvalue weighted by molar-refractivity contribution is 9.10. The van der Waals surface area contributed by atoms with Crippen LogP contribution in [0.2, 0.25) is 0 Å². The standard InChI is InChI=1S/C20H17BrN2OS/c21-14-6-3-5-13(11-14)20-22-16(15-7-1-2-8-18(15)24)12-17(23-20)19-9-4-10-25-19/h1-11,16,20,22,24H,12H2/t16-,20-/m0/s1. The van der Waals surface area contributed by atoms with Crippen LogP contribution in [0.3, 0.4) is 0 Å². The molecule has 0 bridgehead atoms. The molecule has 0 saturated heterocycles. The lowest BCUT2D eigenvalue weighted by Crippen LogP contribution is -2.32. The molecule has 2 heterocycles. The number of para-hydroxylation sites is 1. The number of nitrogens with one attached hydrogen (secondary N) is 1. The fraction of sp³-hybridized carbons (Fsp3) is 0.150. The number of thiophene rings is 1. The van der Waals surface area contributed by atoms with Gasteiger partial charge < -0.3 is 5.11 Å². The van der Waals surface area contributed by atoms with E-state index in [0.29, 0.717) is 5.75 Å². The van der Waals surface area contributed by atoms with Crippen molar-refractivity contribution in [2.45, 2.75) is 18.6 Å². The molecule has 0 fully saturated rings. The minimum Gasteiger partial charge on any atom is -0.508 e. The Hall–Kier alpha value is -1.95. The lowest BCUT2D eigenvalue weighted by Gasteiger charge is -2.30. The first-order valence-corrected chi connectivity index (χ1v) is 9.78. The first-order valence-electron chi connectivity index (χ1n) is 8.10. The van der Waals surface area contributed by atoms with Crippen LogP contribution in [0.4, 0.5) is 0 Å². The third kappa shape index (κ3) is 3.54. The van der Waals surface area contributed by atoms with Gasteiger partial charge in [0.05, 0.1) is 5.71 Å². The van der Waals surface area contributed by atoms with Crippen molar-refractivity contribution in [1.82, 2.24) is 5.32 Å². The summed E-state index contributed by atoms with van der Waals surface area (Å²) in [4.78, 5) is 6.14. The number of aliphatic imine (C=N–C) groups is 1. The van der Waals surface area contributed by atoms with Gasteiger partial charge in [-0.3, -0.25) is 10.3 Å². The van der Waals surface area contributed by atoms with Crippen molar-refractivity contribution >= 4 is 33.0 Å². The lowest BCUT2D eigenvalue weighted by molar-refractivity contribution is 0.413. The number of phenols is 1. The van der Waals surface area contributed by atoms with Crippen LogP contribution in [0.5, 0.6) is 5.75 Å². The Balaban J connectivity index is 1.75. The smallest absolute Gasteiger partial charge is 0.126 e. The fourth-order valence-corrected chi connectivity index (χ4v) is 4.27. The number of phenolic OH excluding ortho intramolecular Hbond substituents is 1. The Morgan fingerprint density at radius 2 is 1.96 bits per heavy atom. The third-order valence-electron chi connectivity index (χ3n) is 4.32. The molecule has 3 nitrogen and oxygen atoms in total. The van der Waals surface area contributed by atoms with E-state index in [1.54, 1.807) is 17.4 Å². The Morgan fingerprint density at radius 3 is 2.72 bits per heavy atom. The van der Waals surface area contributed by atoms with Crippen molar-refractivity contribution in [1.29, 1.82) is 0 Å². The second-order valence-corrected chi connectivity index (χ2v) is 7.86. The van der Waals surface area contributed by atoms with E-state index in [0.717, 1.165) is 27.7 Å². The molecule has 2 atom stereocenters. The van der Waals surface area contributed by atoms with Gasteiger partial charge in [0.15, 0.2) is 0 Å². The Labute approximate surface area is 159 Å². The van der Waals surface area contributed by atoms with Crippen LogP contribution in [0.15, 0.2) is 75.5 Å². The highest BCUT2D eigenvalue weighted by atomic mass is 79.9. The zero-order valence-electron chi connectivity index (χ0n) is 13.4. The van der Waals surface area contributed by atoms with Crippen molar-refractivity contribution in [2.75, 3.05) is 0 Å². The van der Waals surface area contributed by atoms with E-state index in [1.165, 1.54) is 4.88 Å². The topological polar surface area (TPSA) is 44.6 Å². The van der Waals surface area contributed by atoms with E-state index >= 15 is 0 Å². The molecular weight excluding hydrogens is 396 g/mol. The van der Waals surface area contributed by atoms with Gasteiger partial charge in [0.25, 0.3) is 0 Å². The Morgan fingerprint density at radius 1 is 1.08 bits per heavy atom. The van der Waals surface area contributed by atoms with E-state index in [2.05, 4.69) is 44.8 Å². The van der Waals surface area contributed by atoms with E-state index in [9.17, 15) is 5.11 Å². The number of rotatable bonds is 3. The summed E-state index contributed by atoms with van der Waals surface area (Å²) >= 11 is 5.24. The Kier molecular flexibility index (Phi) is 4.70. The number of halogens is 1. The Bertz CT molecular complexity index is 908. The van der Waals surface area contributed by atoms with Crippen molar-refractivity contribution in [3.63, 3.8) is 0 Å². The van der Waals surface area contributed by atoms with E-state index in [4.69, 9.17) is 4.99 Å². The molecule has 0 saturated carbocycles. The molecule has 0 spiro atoms. The van der Waals surface area contributed by atoms with Crippen LogP contribution in [0.25, 0.3) is 0 Å². The van der Waals surface area contributed by atoms with Gasteiger partial charge in [-0.2, -0.15) is 0 Å². The summed E-state index contributed by atoms with van der Waals surface area (Å²) in [7, 11) is 0. The summed E-state index contributed by atoms with van der Waals surface area (Å²) in [6, 6.07) is 19.9. The first-order chi connectivity index (χ1) is 12.2. The SMILES string of the molecule is Oc1ccccc1[C@@H]1CC(c2cccs2)=N[C@@H](c2cccc(Br)c2)N1. The summed E-state index contributed by atoms with van der Waals surface area (Å²) in [5.41, 5.74) is 3.09. The molecule has 3 aromatic rings. The number of hydrogen-bond donors (Lipinski definition) is 2. The van der Waals surface area contributed by atoms with Gasteiger partial charge in [0.2, 0.25) is 0 Å². The number of nitrogens with zero attached hydrogens (tertiary/aromatic N) is 1. The van der Waals surface area contributed by atoms with E-state index in [1.807, 2.05) is 36.4 Å². The second-order valence-electron chi connectivity index (χ2n) is 5.99. The van der Waals surface area contributed by atoms with Gasteiger partial charge >= 0.3 is 0 Å². The van der Waals surface area contributed by atoms with Crippen LogP contribution >= 0.6 is 27.3 Å². The van der Waals surface area contributed by atoms with Crippen molar-refractivity contribution in [3.05, 3.63) is 86.5 Å². The van der Waals surface area contributed by atoms with Crippen molar-refractivity contribution in [2.24, 2.45) is 4.99 Å². The minimum atomic E-state index is -0.145. The predicted octanol–water partition coefficient (Wildman–Crippen LogP) is 5.44. The second kappa shape index (κ2) is 7.12. The quantitative estimate of drug-likeness (QED) is 0.601. The molecule has 0 aliphatic carbocycles. The van der Waals surface area contributed by atoms with Crippen LogP contribution in [0, 0.1) is 0 Å². The molecule has 0 unspecified atom stereocenters. The van der Waals surface area contributed by atoms with Gasteiger partial charge in [-0.25, -0.2) is 0 Å². The fourth-order valence-electron chi connectivity index (χ4n) is 3.12. The highest BCUT2D eigenvalue weighted by Gasteiger charge is 2.27. The van der Waals surface area contributed by atoms with Crippen LogP contribution in [-0.2, 0) is 0 Å². The highest BCUT2D eigenvalue weighted by Crippen LogP contribution is 2.35. The maximum Gasteiger partial charge on any atom is 0.126 e. The largest absolute Gasteiger partial charge is 0.508 e. The van der Waals surface area contributed by atoms with E-state index in [-0.39, 0.29) is 12.2 Å². The normalized spacial score (nSPS) is 20.3. The molecule has 4 rings (SSSR count). The average molecular weight is 413 g/mol. The summed E-state index contributed by atoms with van der Waals surface area (Å²) in [6.45, 7) is 0. The van der Waals surface area contributed by atoms with Gasteiger partial charge in [-0.1, -0.05) is 52.3 Å². The maximum atomic E-state index is 10.3. The summed E-state index contributed by atoms with van der Waals surface area (Å²) in [5, 5.41) is 16.0. The molecule has 0 amide bonds. The molecular formula is C20H17BrN2OS. The van der Waals surface area contributed by atoms with Crippen LogP contribution < -0.4 is 5.32 Å². The molecule has 126 valence electrons. The molecule has 0 radical (unpaired) electrons. The summed E-state index contributed by atoms with van der Waals surface area (Å²) in [6.07, 6.45) is 0.607. The first kappa shape index (κ1) is 16.5. The molecule has 1 aliphatic rings. The third-order valence-corrected chi connectivity index (χ3v) is 5.74. The molecule has 1 aliphatic heterocycles. The van der Waals surface area contributed by atoms with E-state index < -0.39 is 0 Å². The van der Waals surface area contributed by atoms with Gasteiger partial charge in [0, 0.05) is 27.4 Å². The van der Waals surface area contributed by atoms with Gasteiger partial charge in [0.1, 0.15) is 11.9 Å². The van der Waals surface area contributed by atoms with Crippen LogP contribution in [-0.4, -0.2) is 10.8 Å². The molecule has 1 aromatic heterocycles. The molecule has 2 N–H and O–H groups in total. The number of benzene rings is 2. The molecule has 25 heavy (non-hydrogen) atoms. The zero-order valence-corrected chi connectivity index (χ0v) is 15.8. The maximum absolute atomic E-state index is 10.3. The summed E-state index contributed by atoms with van der Waals surface area (Å²) < 4.78 is 1.03. The predicted molar refractivity (Wildman–Crippen MR) is 106 cm³/mol. The zero-order chi connectivity index (χ0) is 17.2. The van der Waals surface area contributed by atoms with Gasteiger partial charge in [-0.15, -0.1) is 11.3 Å². The number of hydrogen-bond acceptors (Lipinski definition) is 4. The number of aromatic hydroxyl groups is 1. The van der Waals surface area contributed by atoms with Crippen molar-refractivity contribution in [3.8, 4) is 5.75 Å². The molecule has 2 aromatic carbocycles. The lowest BCUT2D eigenvalue weighted by atomic mass is 9.96. The average Bonchev–Trinajstić information content (AvgIpc) is 3.16. The van der Waals surface area contributed by atoms with Crippen molar-refractivity contribution < 1.29 is 5.11 Å². The van der Waals surface area contributed by atoms with Gasteiger partial charge in [-0.05, 0) is 35.2 Å². The monoisotopic (exact) mass is 412 g/mol.